The van der Waals surface area contributed by atoms with E-state index in [4.69, 9.17) is 21.1 Å². The first-order chi connectivity index (χ1) is 10.2. The van der Waals surface area contributed by atoms with Crippen LogP contribution in [-0.2, 0) is 11.2 Å². The van der Waals surface area contributed by atoms with Crippen LogP contribution in [0.2, 0.25) is 5.02 Å². The summed E-state index contributed by atoms with van der Waals surface area (Å²) in [7, 11) is 0. The summed E-state index contributed by atoms with van der Waals surface area (Å²) in [5.74, 6) is 0.719. The number of carbonyl (C=O) groups is 1. The quantitative estimate of drug-likeness (QED) is 0.590. The fourth-order valence-corrected chi connectivity index (χ4v) is 2.15. The monoisotopic (exact) mass is 304 g/mol. The number of para-hydroxylation sites is 2. The minimum Gasteiger partial charge on any atom is -0.490 e. The summed E-state index contributed by atoms with van der Waals surface area (Å²) in [5.41, 5.74) is 0.939. The van der Waals surface area contributed by atoms with Gasteiger partial charge >= 0.3 is 5.97 Å². The molecule has 0 unspecified atom stereocenters. The molecule has 110 valence electrons. The van der Waals surface area contributed by atoms with Gasteiger partial charge in [0.2, 0.25) is 0 Å². The van der Waals surface area contributed by atoms with Crippen LogP contribution in [0.15, 0.2) is 48.5 Å². The van der Waals surface area contributed by atoms with E-state index in [0.29, 0.717) is 29.5 Å². The number of carbonyl (C=O) groups excluding carboxylic acids is 1. The third kappa shape index (κ3) is 4.50. The normalized spacial score (nSPS) is 10.2. The summed E-state index contributed by atoms with van der Waals surface area (Å²) in [6.45, 7) is 2.41. The summed E-state index contributed by atoms with van der Waals surface area (Å²) in [6.07, 6.45) is 0.819. The van der Waals surface area contributed by atoms with Gasteiger partial charge in [-0.1, -0.05) is 41.9 Å². The minimum atomic E-state index is -0.304. The Labute approximate surface area is 129 Å². The Balaban J connectivity index is 1.95. The number of halogens is 1. The van der Waals surface area contributed by atoms with Crippen molar-refractivity contribution in [3.05, 3.63) is 59.1 Å². The number of rotatable bonds is 6. The van der Waals surface area contributed by atoms with Gasteiger partial charge in [0.15, 0.2) is 11.5 Å². The lowest BCUT2D eigenvalue weighted by atomic mass is 10.1. The maximum absolute atomic E-state index is 11.9. The summed E-state index contributed by atoms with van der Waals surface area (Å²) >= 11 is 6.06. The second kappa shape index (κ2) is 7.70. The first kappa shape index (κ1) is 15.4. The van der Waals surface area contributed by atoms with Crippen LogP contribution in [0, 0.1) is 0 Å². The highest BCUT2D eigenvalue weighted by molar-refractivity contribution is 6.31. The average Bonchev–Trinajstić information content (AvgIpc) is 2.49. The zero-order chi connectivity index (χ0) is 15.1. The Hall–Kier alpha value is -2.00. The average molecular weight is 305 g/mol. The van der Waals surface area contributed by atoms with Crippen molar-refractivity contribution in [3.63, 3.8) is 0 Å². The Bertz CT molecular complexity index is 610. The van der Waals surface area contributed by atoms with Crippen molar-refractivity contribution in [3.8, 4) is 11.5 Å². The highest BCUT2D eigenvalue weighted by atomic mass is 35.5. The van der Waals surface area contributed by atoms with Gasteiger partial charge < -0.3 is 9.47 Å². The molecule has 0 saturated carbocycles. The van der Waals surface area contributed by atoms with Crippen molar-refractivity contribution < 1.29 is 14.3 Å². The van der Waals surface area contributed by atoms with Crippen molar-refractivity contribution >= 4 is 17.6 Å². The van der Waals surface area contributed by atoms with Crippen molar-refractivity contribution in [1.82, 2.24) is 0 Å². The van der Waals surface area contributed by atoms with Crippen molar-refractivity contribution in [2.24, 2.45) is 0 Å². The van der Waals surface area contributed by atoms with E-state index in [2.05, 4.69) is 0 Å². The molecule has 0 heterocycles. The maximum Gasteiger partial charge on any atom is 0.311 e. The second-order valence-electron chi connectivity index (χ2n) is 4.45. The van der Waals surface area contributed by atoms with Gasteiger partial charge in [0, 0.05) is 5.02 Å². The molecule has 0 aromatic heterocycles. The molecule has 0 aliphatic heterocycles. The van der Waals surface area contributed by atoms with Gasteiger partial charge in [-0.3, -0.25) is 4.79 Å². The van der Waals surface area contributed by atoms with Gasteiger partial charge in [0.1, 0.15) is 0 Å². The van der Waals surface area contributed by atoms with Crippen molar-refractivity contribution in [2.45, 2.75) is 19.8 Å². The zero-order valence-electron chi connectivity index (χ0n) is 11.8. The molecule has 0 saturated heterocycles. The summed E-state index contributed by atoms with van der Waals surface area (Å²) < 4.78 is 10.8. The fraction of sp³-hybridized carbons (Fsp3) is 0.235. The molecule has 3 nitrogen and oxygen atoms in total. The fourth-order valence-electron chi connectivity index (χ4n) is 1.92. The molecule has 0 fully saturated rings. The molecule has 2 rings (SSSR count). The van der Waals surface area contributed by atoms with Crippen LogP contribution in [0.3, 0.4) is 0 Å². The minimum absolute atomic E-state index is 0.268. The molecule has 0 atom stereocenters. The first-order valence-corrected chi connectivity index (χ1v) is 7.24. The Morgan fingerprint density at radius 2 is 1.71 bits per heavy atom. The van der Waals surface area contributed by atoms with Gasteiger partial charge in [-0.05, 0) is 37.1 Å². The van der Waals surface area contributed by atoms with Crippen LogP contribution in [-0.4, -0.2) is 12.6 Å². The maximum atomic E-state index is 11.9. The lowest BCUT2D eigenvalue weighted by Crippen LogP contribution is -2.10. The lowest BCUT2D eigenvalue weighted by molar-refractivity contribution is -0.134. The molecule has 4 heteroatoms. The highest BCUT2D eigenvalue weighted by Crippen LogP contribution is 2.27. The Morgan fingerprint density at radius 3 is 2.43 bits per heavy atom. The van der Waals surface area contributed by atoms with E-state index in [-0.39, 0.29) is 12.4 Å². The van der Waals surface area contributed by atoms with Gasteiger partial charge in [-0.2, -0.15) is 0 Å². The van der Waals surface area contributed by atoms with Crippen molar-refractivity contribution in [1.29, 1.82) is 0 Å². The van der Waals surface area contributed by atoms with Crippen LogP contribution < -0.4 is 9.47 Å². The number of esters is 1. The second-order valence-corrected chi connectivity index (χ2v) is 4.85. The van der Waals surface area contributed by atoms with E-state index < -0.39 is 0 Å². The predicted octanol–water partition coefficient (Wildman–Crippen LogP) is 4.28. The van der Waals surface area contributed by atoms with Gasteiger partial charge in [0.25, 0.3) is 0 Å². The molecular formula is C17H17ClO3. The smallest absolute Gasteiger partial charge is 0.311 e. The van der Waals surface area contributed by atoms with E-state index in [9.17, 15) is 4.79 Å². The van der Waals surface area contributed by atoms with Crippen LogP contribution in [0.5, 0.6) is 11.5 Å². The van der Waals surface area contributed by atoms with E-state index in [1.807, 2.05) is 37.3 Å². The van der Waals surface area contributed by atoms with Crippen LogP contribution in [0.25, 0.3) is 0 Å². The van der Waals surface area contributed by atoms with E-state index >= 15 is 0 Å². The Kier molecular flexibility index (Phi) is 5.64. The third-order valence-corrected chi connectivity index (χ3v) is 3.30. The molecule has 0 spiro atoms. The van der Waals surface area contributed by atoms with Gasteiger partial charge in [-0.25, -0.2) is 0 Å². The molecule has 0 N–H and O–H groups in total. The van der Waals surface area contributed by atoms with E-state index in [0.717, 1.165) is 5.56 Å². The molecule has 0 radical (unpaired) electrons. The summed E-state index contributed by atoms with van der Waals surface area (Å²) in [5, 5.41) is 0.667. The standard InChI is InChI=1S/C17H17ClO3/c1-2-20-15-9-5-6-10-16(15)21-17(19)12-11-13-7-3-4-8-14(13)18/h3-10H,2,11-12H2,1H3. The Morgan fingerprint density at radius 1 is 1.05 bits per heavy atom. The number of ether oxygens (including phenoxy) is 2. The third-order valence-electron chi connectivity index (χ3n) is 2.93. The molecule has 0 amide bonds. The predicted molar refractivity (Wildman–Crippen MR) is 83.0 cm³/mol. The molecule has 2 aromatic rings. The summed E-state index contributed by atoms with van der Waals surface area (Å²) in [6, 6.07) is 14.6. The molecule has 21 heavy (non-hydrogen) atoms. The molecule has 2 aromatic carbocycles. The largest absolute Gasteiger partial charge is 0.490 e. The van der Waals surface area contributed by atoms with Gasteiger partial charge in [0.05, 0.1) is 13.0 Å². The molecule has 0 aliphatic rings. The van der Waals surface area contributed by atoms with Crippen molar-refractivity contribution in [2.75, 3.05) is 6.61 Å². The SMILES string of the molecule is CCOc1ccccc1OC(=O)CCc1ccccc1Cl. The molecule has 0 bridgehead atoms. The zero-order valence-corrected chi connectivity index (χ0v) is 12.6. The van der Waals surface area contributed by atoms with Crippen LogP contribution in [0.1, 0.15) is 18.9 Å². The van der Waals surface area contributed by atoms with E-state index in [1.165, 1.54) is 0 Å². The topological polar surface area (TPSA) is 35.5 Å². The molecule has 0 aliphatic carbocycles. The van der Waals surface area contributed by atoms with Crippen LogP contribution >= 0.6 is 11.6 Å². The van der Waals surface area contributed by atoms with E-state index in [1.54, 1.807) is 18.2 Å². The number of benzene rings is 2. The number of hydrogen-bond acceptors (Lipinski definition) is 3. The lowest BCUT2D eigenvalue weighted by Gasteiger charge is -2.10. The van der Waals surface area contributed by atoms with Crippen LogP contribution in [0.4, 0.5) is 0 Å². The number of aryl methyl sites for hydroxylation is 1. The summed E-state index contributed by atoms with van der Waals surface area (Å²) in [4.78, 5) is 11.9. The molecular weight excluding hydrogens is 288 g/mol. The highest BCUT2D eigenvalue weighted by Gasteiger charge is 2.10. The first-order valence-electron chi connectivity index (χ1n) is 6.86. The van der Waals surface area contributed by atoms with Gasteiger partial charge in [-0.15, -0.1) is 0 Å². The number of hydrogen-bond donors (Lipinski definition) is 0.